The van der Waals surface area contributed by atoms with Crippen LogP contribution in [0.15, 0.2) is 23.1 Å². The van der Waals surface area contributed by atoms with E-state index in [0.717, 1.165) is 5.56 Å². The number of aliphatic hydroxyl groups excluding tert-OH is 2. The van der Waals surface area contributed by atoms with Crippen LogP contribution in [0, 0.1) is 17.0 Å². The Morgan fingerprint density at radius 3 is 2.81 bits per heavy atom. The van der Waals surface area contributed by atoms with Gasteiger partial charge in [-0.15, -0.1) is 11.8 Å². The summed E-state index contributed by atoms with van der Waals surface area (Å²) in [6.07, 6.45) is -0.856. The van der Waals surface area contributed by atoms with Gasteiger partial charge in [0.1, 0.15) is 0 Å². The van der Waals surface area contributed by atoms with Crippen LogP contribution in [0.1, 0.15) is 5.56 Å². The lowest BCUT2D eigenvalue weighted by Gasteiger charge is -2.07. The standard InChI is InChI=1S/C10H13NO4S/c1-7-2-3-9(11(14)15)10(4-7)16-6-8(13)5-12/h2-4,8,12-13H,5-6H2,1H3. The molecule has 0 amide bonds. The Labute approximate surface area is 97.3 Å². The number of thioether (sulfide) groups is 1. The quantitative estimate of drug-likeness (QED) is 0.463. The van der Waals surface area contributed by atoms with Crippen LogP contribution < -0.4 is 0 Å². The van der Waals surface area contributed by atoms with Crippen molar-refractivity contribution in [2.45, 2.75) is 17.9 Å². The maximum Gasteiger partial charge on any atom is 0.282 e. The van der Waals surface area contributed by atoms with E-state index in [1.807, 2.05) is 6.92 Å². The lowest BCUT2D eigenvalue weighted by Crippen LogP contribution is -2.14. The molecule has 16 heavy (non-hydrogen) atoms. The summed E-state index contributed by atoms with van der Waals surface area (Å²) in [6, 6.07) is 4.82. The summed E-state index contributed by atoms with van der Waals surface area (Å²) < 4.78 is 0. The maximum atomic E-state index is 10.7. The van der Waals surface area contributed by atoms with Crippen LogP contribution in [0.5, 0.6) is 0 Å². The van der Waals surface area contributed by atoms with Gasteiger partial charge in [0.25, 0.3) is 5.69 Å². The summed E-state index contributed by atoms with van der Waals surface area (Å²) in [5.41, 5.74) is 0.951. The number of nitrogens with zero attached hydrogens (tertiary/aromatic N) is 1. The fourth-order valence-electron chi connectivity index (χ4n) is 1.13. The predicted octanol–water partition coefficient (Wildman–Crippen LogP) is 1.35. The molecule has 0 aliphatic heterocycles. The zero-order chi connectivity index (χ0) is 12.1. The summed E-state index contributed by atoms with van der Waals surface area (Å²) in [7, 11) is 0. The first-order valence-corrected chi connectivity index (χ1v) is 5.70. The molecule has 88 valence electrons. The molecule has 1 aromatic rings. The van der Waals surface area contributed by atoms with E-state index >= 15 is 0 Å². The summed E-state index contributed by atoms with van der Waals surface area (Å²) in [6.45, 7) is 1.50. The maximum absolute atomic E-state index is 10.7. The van der Waals surface area contributed by atoms with Gasteiger partial charge in [-0.05, 0) is 18.6 Å². The molecule has 0 fully saturated rings. The molecule has 0 saturated carbocycles. The minimum atomic E-state index is -0.856. The molecule has 1 atom stereocenters. The van der Waals surface area contributed by atoms with Crippen LogP contribution in [0.25, 0.3) is 0 Å². The number of hydrogen-bond donors (Lipinski definition) is 2. The number of rotatable bonds is 5. The number of nitro benzene ring substituents is 1. The van der Waals surface area contributed by atoms with Gasteiger partial charge in [-0.1, -0.05) is 6.07 Å². The zero-order valence-electron chi connectivity index (χ0n) is 8.79. The van der Waals surface area contributed by atoms with Crippen LogP contribution in [0.3, 0.4) is 0 Å². The van der Waals surface area contributed by atoms with Crippen molar-refractivity contribution < 1.29 is 15.1 Å². The third-order valence-electron chi connectivity index (χ3n) is 1.95. The molecule has 0 aromatic heterocycles. The van der Waals surface area contributed by atoms with Gasteiger partial charge in [0.15, 0.2) is 0 Å². The van der Waals surface area contributed by atoms with Crippen molar-refractivity contribution in [3.05, 3.63) is 33.9 Å². The predicted molar refractivity (Wildman–Crippen MR) is 61.7 cm³/mol. The van der Waals surface area contributed by atoms with E-state index in [1.54, 1.807) is 12.1 Å². The summed E-state index contributed by atoms with van der Waals surface area (Å²) in [4.78, 5) is 10.8. The van der Waals surface area contributed by atoms with Crippen molar-refractivity contribution in [3.63, 3.8) is 0 Å². The van der Waals surface area contributed by atoms with Gasteiger partial charge in [0, 0.05) is 11.8 Å². The van der Waals surface area contributed by atoms with Crippen LogP contribution in [0.2, 0.25) is 0 Å². The molecule has 0 aliphatic rings. The van der Waals surface area contributed by atoms with Gasteiger partial charge in [0.2, 0.25) is 0 Å². The van der Waals surface area contributed by atoms with Crippen molar-refractivity contribution in [3.8, 4) is 0 Å². The van der Waals surface area contributed by atoms with Crippen molar-refractivity contribution in [1.82, 2.24) is 0 Å². The van der Waals surface area contributed by atoms with Gasteiger partial charge in [-0.2, -0.15) is 0 Å². The Kier molecular flexibility index (Phi) is 4.72. The minimum absolute atomic E-state index is 0.0285. The van der Waals surface area contributed by atoms with E-state index in [-0.39, 0.29) is 18.0 Å². The molecule has 0 saturated heterocycles. The lowest BCUT2D eigenvalue weighted by molar-refractivity contribution is -0.387. The van der Waals surface area contributed by atoms with Gasteiger partial charge in [-0.25, -0.2) is 0 Å². The second-order valence-electron chi connectivity index (χ2n) is 3.38. The van der Waals surface area contributed by atoms with Crippen molar-refractivity contribution in [2.24, 2.45) is 0 Å². The Balaban J connectivity index is 2.84. The molecule has 0 radical (unpaired) electrons. The highest BCUT2D eigenvalue weighted by atomic mass is 32.2. The fraction of sp³-hybridized carbons (Fsp3) is 0.400. The van der Waals surface area contributed by atoms with Crippen molar-refractivity contribution in [2.75, 3.05) is 12.4 Å². The second-order valence-corrected chi connectivity index (χ2v) is 4.44. The molecular formula is C10H13NO4S. The number of aliphatic hydroxyl groups is 2. The van der Waals surface area contributed by atoms with Crippen LogP contribution in [-0.2, 0) is 0 Å². The van der Waals surface area contributed by atoms with Gasteiger partial charge < -0.3 is 10.2 Å². The van der Waals surface area contributed by atoms with Crippen LogP contribution >= 0.6 is 11.8 Å². The van der Waals surface area contributed by atoms with Gasteiger partial charge in [-0.3, -0.25) is 10.1 Å². The highest BCUT2D eigenvalue weighted by Crippen LogP contribution is 2.30. The summed E-state index contributed by atoms with van der Waals surface area (Å²) in [5.74, 6) is 0.237. The van der Waals surface area contributed by atoms with E-state index in [9.17, 15) is 15.2 Å². The second kappa shape index (κ2) is 5.83. The number of aryl methyl sites for hydroxylation is 1. The first-order chi connectivity index (χ1) is 7.54. The van der Waals surface area contributed by atoms with E-state index in [4.69, 9.17) is 5.11 Å². The molecule has 6 heteroatoms. The molecule has 0 spiro atoms. The first-order valence-electron chi connectivity index (χ1n) is 4.71. The Bertz CT molecular complexity index is 383. The smallest absolute Gasteiger partial charge is 0.282 e. The zero-order valence-corrected chi connectivity index (χ0v) is 9.61. The highest BCUT2D eigenvalue weighted by molar-refractivity contribution is 7.99. The molecule has 2 N–H and O–H groups in total. The molecule has 0 bridgehead atoms. The monoisotopic (exact) mass is 243 g/mol. The summed E-state index contributed by atoms with van der Waals surface area (Å²) in [5, 5.41) is 28.6. The van der Waals surface area contributed by atoms with Crippen molar-refractivity contribution >= 4 is 17.4 Å². The third kappa shape index (κ3) is 3.48. The Morgan fingerprint density at radius 2 is 2.25 bits per heavy atom. The topological polar surface area (TPSA) is 83.6 Å². The summed E-state index contributed by atoms with van der Waals surface area (Å²) >= 11 is 1.17. The Hall–Kier alpha value is -1.11. The molecule has 0 aliphatic carbocycles. The highest BCUT2D eigenvalue weighted by Gasteiger charge is 2.15. The molecule has 5 nitrogen and oxygen atoms in total. The minimum Gasteiger partial charge on any atom is -0.394 e. The van der Waals surface area contributed by atoms with E-state index < -0.39 is 11.0 Å². The van der Waals surface area contributed by atoms with Crippen LogP contribution in [0.4, 0.5) is 5.69 Å². The van der Waals surface area contributed by atoms with Gasteiger partial charge >= 0.3 is 0 Å². The molecule has 1 unspecified atom stereocenters. The third-order valence-corrected chi connectivity index (χ3v) is 3.14. The lowest BCUT2D eigenvalue weighted by atomic mass is 10.2. The average molecular weight is 243 g/mol. The van der Waals surface area contributed by atoms with E-state index in [2.05, 4.69) is 0 Å². The SMILES string of the molecule is Cc1ccc([N+](=O)[O-])c(SCC(O)CO)c1. The Morgan fingerprint density at radius 1 is 1.56 bits per heavy atom. The molecule has 0 heterocycles. The number of hydrogen-bond acceptors (Lipinski definition) is 5. The normalized spacial score (nSPS) is 12.4. The van der Waals surface area contributed by atoms with E-state index in [0.29, 0.717) is 4.90 Å². The number of nitro groups is 1. The van der Waals surface area contributed by atoms with Crippen molar-refractivity contribution in [1.29, 1.82) is 0 Å². The largest absolute Gasteiger partial charge is 0.394 e. The van der Waals surface area contributed by atoms with Crippen LogP contribution in [-0.4, -0.2) is 33.6 Å². The first kappa shape index (κ1) is 13.0. The average Bonchev–Trinajstić information content (AvgIpc) is 2.25. The number of benzene rings is 1. The van der Waals surface area contributed by atoms with E-state index in [1.165, 1.54) is 17.8 Å². The molecule has 1 aromatic carbocycles. The molecule has 1 rings (SSSR count). The van der Waals surface area contributed by atoms with Gasteiger partial charge in [0.05, 0.1) is 22.5 Å². The molecular weight excluding hydrogens is 230 g/mol. The fourth-order valence-corrected chi connectivity index (χ4v) is 2.16.